The van der Waals surface area contributed by atoms with E-state index in [2.05, 4.69) is 10.3 Å². The summed E-state index contributed by atoms with van der Waals surface area (Å²) in [5, 5.41) is 4.83. The number of hydrogen-bond acceptors (Lipinski definition) is 3. The van der Waals surface area contributed by atoms with Crippen molar-refractivity contribution in [1.29, 1.82) is 0 Å². The molecule has 0 aliphatic carbocycles. The van der Waals surface area contributed by atoms with Crippen LogP contribution in [0.25, 0.3) is 10.9 Å². The number of methoxy groups -OCH3 is 2. The molecule has 1 aromatic heterocycles. The summed E-state index contributed by atoms with van der Waals surface area (Å²) in [7, 11) is 3.03. The van der Waals surface area contributed by atoms with Gasteiger partial charge in [0.2, 0.25) is 5.91 Å². The first-order valence-electron chi connectivity index (χ1n) is 7.91. The van der Waals surface area contributed by atoms with Crippen molar-refractivity contribution in [2.45, 2.75) is 13.3 Å². The summed E-state index contributed by atoms with van der Waals surface area (Å²) < 4.78 is 10.5. The van der Waals surface area contributed by atoms with E-state index in [-0.39, 0.29) is 12.3 Å². The highest BCUT2D eigenvalue weighted by Crippen LogP contribution is 2.36. The van der Waals surface area contributed by atoms with E-state index in [4.69, 9.17) is 32.7 Å². The number of carbonyl (C=O) groups excluding carboxylic acids is 1. The molecule has 3 aromatic rings. The number of aryl methyl sites for hydroxylation is 1. The molecular weight excluding hydrogens is 375 g/mol. The van der Waals surface area contributed by atoms with Crippen molar-refractivity contribution in [3.63, 3.8) is 0 Å². The second-order valence-corrected chi connectivity index (χ2v) is 6.67. The zero-order chi connectivity index (χ0) is 18.8. The smallest absolute Gasteiger partial charge is 0.228 e. The first-order chi connectivity index (χ1) is 12.4. The first kappa shape index (κ1) is 18.4. The number of benzene rings is 2. The summed E-state index contributed by atoms with van der Waals surface area (Å²) >= 11 is 12.2. The van der Waals surface area contributed by atoms with Crippen LogP contribution < -0.4 is 14.8 Å². The number of amides is 1. The Labute approximate surface area is 161 Å². The fourth-order valence-corrected chi connectivity index (χ4v) is 3.30. The van der Waals surface area contributed by atoms with Crippen LogP contribution >= 0.6 is 23.2 Å². The summed E-state index contributed by atoms with van der Waals surface area (Å²) in [6.07, 6.45) is 0.195. The van der Waals surface area contributed by atoms with Gasteiger partial charge in [-0.2, -0.15) is 0 Å². The van der Waals surface area contributed by atoms with E-state index in [0.717, 1.165) is 22.2 Å². The number of H-pyrrole nitrogens is 1. The fraction of sp³-hybridized carbons (Fsp3) is 0.211. The Balaban J connectivity index is 1.88. The van der Waals surface area contributed by atoms with Gasteiger partial charge in [-0.05, 0) is 30.7 Å². The van der Waals surface area contributed by atoms with Gasteiger partial charge in [0.25, 0.3) is 0 Å². The second-order valence-electron chi connectivity index (χ2n) is 5.83. The monoisotopic (exact) mass is 392 g/mol. The van der Waals surface area contributed by atoms with Crippen LogP contribution in [0, 0.1) is 6.92 Å². The van der Waals surface area contributed by atoms with Crippen molar-refractivity contribution in [2.24, 2.45) is 0 Å². The van der Waals surface area contributed by atoms with Gasteiger partial charge in [-0.25, -0.2) is 0 Å². The number of carbonyl (C=O) groups is 1. The van der Waals surface area contributed by atoms with Crippen molar-refractivity contribution in [3.05, 3.63) is 51.6 Å². The Morgan fingerprint density at radius 3 is 2.54 bits per heavy atom. The summed E-state index contributed by atoms with van der Waals surface area (Å²) in [5.74, 6) is 0.734. The highest BCUT2D eigenvalue weighted by molar-refractivity contribution is 6.32. The van der Waals surface area contributed by atoms with Crippen molar-refractivity contribution in [2.75, 3.05) is 19.5 Å². The van der Waals surface area contributed by atoms with E-state index in [1.165, 1.54) is 14.2 Å². The van der Waals surface area contributed by atoms with E-state index in [0.29, 0.717) is 27.2 Å². The van der Waals surface area contributed by atoms with Gasteiger partial charge in [-0.3, -0.25) is 4.79 Å². The lowest BCUT2D eigenvalue weighted by Crippen LogP contribution is -2.15. The van der Waals surface area contributed by atoms with E-state index in [1.54, 1.807) is 12.1 Å². The number of ether oxygens (including phenoxy) is 2. The van der Waals surface area contributed by atoms with Gasteiger partial charge in [0.1, 0.15) is 11.5 Å². The summed E-state index contributed by atoms with van der Waals surface area (Å²) in [6, 6.07) is 8.81. The maximum absolute atomic E-state index is 12.6. The Morgan fingerprint density at radius 2 is 1.85 bits per heavy atom. The van der Waals surface area contributed by atoms with Crippen LogP contribution in [0.3, 0.4) is 0 Å². The second kappa shape index (κ2) is 7.48. The van der Waals surface area contributed by atoms with Crippen molar-refractivity contribution >= 4 is 45.7 Å². The predicted octanol–water partition coefficient (Wildman–Crippen LogP) is 4.98. The minimum atomic E-state index is -0.184. The van der Waals surface area contributed by atoms with Gasteiger partial charge in [0.05, 0.1) is 31.4 Å². The summed E-state index contributed by atoms with van der Waals surface area (Å²) in [5.41, 5.74) is 3.27. The van der Waals surface area contributed by atoms with Gasteiger partial charge in [0, 0.05) is 33.8 Å². The molecule has 0 bridgehead atoms. The SMILES string of the molecule is COc1cc(NC(=O)Cc2c(C)[nH]c3ccc(Cl)cc23)c(OC)cc1Cl. The fourth-order valence-electron chi connectivity index (χ4n) is 2.90. The Bertz CT molecular complexity index is 983. The molecule has 2 N–H and O–H groups in total. The number of rotatable bonds is 5. The van der Waals surface area contributed by atoms with E-state index < -0.39 is 0 Å². The molecule has 26 heavy (non-hydrogen) atoms. The lowest BCUT2D eigenvalue weighted by atomic mass is 10.1. The number of anilines is 1. The average Bonchev–Trinajstić information content (AvgIpc) is 2.91. The molecular formula is C19H18Cl2N2O3. The normalized spacial score (nSPS) is 10.8. The summed E-state index contributed by atoms with van der Waals surface area (Å²) in [4.78, 5) is 15.9. The van der Waals surface area contributed by atoms with Crippen LogP contribution in [0.2, 0.25) is 10.0 Å². The maximum atomic E-state index is 12.6. The van der Waals surface area contributed by atoms with Crippen LogP contribution in [0.15, 0.2) is 30.3 Å². The number of halogens is 2. The van der Waals surface area contributed by atoms with E-state index in [1.807, 2.05) is 25.1 Å². The van der Waals surface area contributed by atoms with E-state index in [9.17, 15) is 4.79 Å². The van der Waals surface area contributed by atoms with Crippen LogP contribution in [-0.4, -0.2) is 25.1 Å². The quantitative estimate of drug-likeness (QED) is 0.643. The molecule has 5 nitrogen and oxygen atoms in total. The maximum Gasteiger partial charge on any atom is 0.228 e. The molecule has 0 aliphatic rings. The van der Waals surface area contributed by atoms with Gasteiger partial charge >= 0.3 is 0 Å². The first-order valence-corrected chi connectivity index (χ1v) is 8.66. The number of aromatic nitrogens is 1. The third-order valence-corrected chi connectivity index (χ3v) is 4.70. The highest BCUT2D eigenvalue weighted by atomic mass is 35.5. The Morgan fingerprint density at radius 1 is 1.12 bits per heavy atom. The average molecular weight is 393 g/mol. The molecule has 1 amide bonds. The lowest BCUT2D eigenvalue weighted by Gasteiger charge is -2.13. The van der Waals surface area contributed by atoms with Crippen molar-refractivity contribution < 1.29 is 14.3 Å². The van der Waals surface area contributed by atoms with Gasteiger partial charge in [-0.15, -0.1) is 0 Å². The molecule has 0 radical (unpaired) electrons. The van der Waals surface area contributed by atoms with Gasteiger partial charge in [0.15, 0.2) is 0 Å². The van der Waals surface area contributed by atoms with Gasteiger partial charge in [-0.1, -0.05) is 23.2 Å². The molecule has 0 saturated heterocycles. The van der Waals surface area contributed by atoms with E-state index >= 15 is 0 Å². The van der Waals surface area contributed by atoms with Crippen molar-refractivity contribution in [3.8, 4) is 11.5 Å². The third-order valence-electron chi connectivity index (χ3n) is 4.17. The molecule has 3 rings (SSSR count). The molecule has 0 atom stereocenters. The third kappa shape index (κ3) is 3.59. The zero-order valence-electron chi connectivity index (χ0n) is 14.6. The number of aromatic amines is 1. The summed E-state index contributed by atoms with van der Waals surface area (Å²) in [6.45, 7) is 1.93. The number of nitrogens with one attached hydrogen (secondary N) is 2. The minimum absolute atomic E-state index is 0.184. The standard InChI is InChI=1S/C19H18Cl2N2O3/c1-10-12(13-6-11(20)4-5-15(13)22-10)7-19(24)23-16-9-17(25-2)14(21)8-18(16)26-3/h4-6,8-9,22H,7H2,1-3H3,(H,23,24). The van der Waals surface area contributed by atoms with Crippen molar-refractivity contribution in [1.82, 2.24) is 4.98 Å². The molecule has 0 saturated carbocycles. The molecule has 136 valence electrons. The van der Waals surface area contributed by atoms with Crippen LogP contribution in [0.5, 0.6) is 11.5 Å². The van der Waals surface area contributed by atoms with Gasteiger partial charge < -0.3 is 19.8 Å². The van der Waals surface area contributed by atoms with Crippen LogP contribution in [-0.2, 0) is 11.2 Å². The molecule has 0 spiro atoms. The predicted molar refractivity (Wildman–Crippen MR) is 105 cm³/mol. The number of hydrogen-bond donors (Lipinski definition) is 2. The molecule has 2 aromatic carbocycles. The largest absolute Gasteiger partial charge is 0.495 e. The molecule has 0 unspecified atom stereocenters. The van der Waals surface area contributed by atoms with Crippen LogP contribution in [0.1, 0.15) is 11.3 Å². The lowest BCUT2D eigenvalue weighted by molar-refractivity contribution is -0.115. The topological polar surface area (TPSA) is 63.3 Å². The van der Waals surface area contributed by atoms with Crippen LogP contribution in [0.4, 0.5) is 5.69 Å². The molecule has 7 heteroatoms. The Kier molecular flexibility index (Phi) is 5.30. The Hall–Kier alpha value is -2.37. The highest BCUT2D eigenvalue weighted by Gasteiger charge is 2.16. The molecule has 0 fully saturated rings. The zero-order valence-corrected chi connectivity index (χ0v) is 16.1. The number of fused-ring (bicyclic) bond motifs is 1. The molecule has 1 heterocycles. The minimum Gasteiger partial charge on any atom is -0.495 e. The molecule has 0 aliphatic heterocycles.